The third-order valence-corrected chi connectivity index (χ3v) is 1.51. The zero-order valence-electron chi connectivity index (χ0n) is 7.52. The molecule has 0 atom stereocenters. The third kappa shape index (κ3) is 5.78. The molecule has 0 N–H and O–H groups in total. The van der Waals surface area contributed by atoms with Crippen LogP contribution in [0.3, 0.4) is 0 Å². The van der Waals surface area contributed by atoms with Crippen molar-refractivity contribution in [3.8, 4) is 0 Å². The van der Waals surface area contributed by atoms with E-state index in [1.807, 2.05) is 0 Å². The first-order chi connectivity index (χ1) is 4.29. The van der Waals surface area contributed by atoms with E-state index in [-0.39, 0.29) is 26.9 Å². The fourth-order valence-corrected chi connectivity index (χ4v) is 1.05. The van der Waals surface area contributed by atoms with Crippen molar-refractivity contribution in [1.29, 1.82) is 0 Å². The quantitative estimate of drug-likeness (QED) is 0.467. The van der Waals surface area contributed by atoms with Crippen LogP contribution in [0.1, 0.15) is 6.92 Å². The molecular formula is C8H17NORh. The largest absolute Gasteiger partial charge is 2.00 e. The van der Waals surface area contributed by atoms with Crippen LogP contribution in [-0.2, 0) is 24.2 Å². The Morgan fingerprint density at radius 2 is 2.09 bits per heavy atom. The van der Waals surface area contributed by atoms with Gasteiger partial charge in [0, 0.05) is 6.54 Å². The summed E-state index contributed by atoms with van der Waals surface area (Å²) in [5.41, 5.74) is 0. The van der Waals surface area contributed by atoms with Gasteiger partial charge >= 0.3 is 19.5 Å². The van der Waals surface area contributed by atoms with Gasteiger partial charge in [-0.25, -0.2) is 0 Å². The molecule has 3 heteroatoms. The molecule has 2 nitrogen and oxygen atoms in total. The second-order valence-electron chi connectivity index (χ2n) is 2.75. The van der Waals surface area contributed by atoms with E-state index in [0.717, 1.165) is 26.3 Å². The maximum atomic E-state index is 5.30. The molecule has 1 heterocycles. The van der Waals surface area contributed by atoms with Gasteiger partial charge in [-0.15, -0.1) is 6.54 Å². The molecule has 0 bridgehead atoms. The Bertz CT molecular complexity index is 80.2. The molecule has 0 spiro atoms. The SMILES string of the molecule is C[C-]1COCCN(C)C1.[CH3-].[Rh+2]. The molecule has 0 aromatic carbocycles. The van der Waals surface area contributed by atoms with Crippen molar-refractivity contribution in [2.24, 2.45) is 0 Å². The molecule has 0 aromatic rings. The minimum Gasteiger partial charge on any atom is -0.412 e. The number of rotatable bonds is 0. The van der Waals surface area contributed by atoms with E-state index in [4.69, 9.17) is 4.74 Å². The van der Waals surface area contributed by atoms with Gasteiger partial charge < -0.3 is 17.1 Å². The van der Waals surface area contributed by atoms with Crippen LogP contribution in [0.2, 0.25) is 0 Å². The van der Waals surface area contributed by atoms with Crippen LogP contribution in [0.25, 0.3) is 0 Å². The Morgan fingerprint density at radius 3 is 2.73 bits per heavy atom. The van der Waals surface area contributed by atoms with Crippen LogP contribution < -0.4 is 0 Å². The number of likely N-dealkylation sites (N-methyl/N-ethyl adjacent to an activating group) is 1. The Balaban J connectivity index is 0. The average molecular weight is 246 g/mol. The zero-order valence-corrected chi connectivity index (χ0v) is 9.16. The smallest absolute Gasteiger partial charge is 0.412 e. The molecule has 11 heavy (non-hydrogen) atoms. The average Bonchev–Trinajstić information content (AvgIpc) is 1.93. The monoisotopic (exact) mass is 246 g/mol. The van der Waals surface area contributed by atoms with Gasteiger partial charge in [-0.1, -0.05) is 6.61 Å². The van der Waals surface area contributed by atoms with Gasteiger partial charge in [-0.3, -0.25) is 5.92 Å². The summed E-state index contributed by atoms with van der Waals surface area (Å²) >= 11 is 0. The van der Waals surface area contributed by atoms with Crippen LogP contribution in [0.4, 0.5) is 0 Å². The van der Waals surface area contributed by atoms with Gasteiger partial charge in [0.2, 0.25) is 0 Å². The van der Waals surface area contributed by atoms with Crippen molar-refractivity contribution < 1.29 is 24.2 Å². The number of hydrogen-bond donors (Lipinski definition) is 0. The van der Waals surface area contributed by atoms with E-state index in [0.29, 0.717) is 0 Å². The third-order valence-electron chi connectivity index (χ3n) is 1.51. The maximum Gasteiger partial charge on any atom is 2.00 e. The Morgan fingerprint density at radius 1 is 1.45 bits per heavy atom. The van der Waals surface area contributed by atoms with E-state index in [9.17, 15) is 0 Å². The van der Waals surface area contributed by atoms with Crippen LogP contribution in [0.5, 0.6) is 0 Å². The first-order valence-corrected chi connectivity index (χ1v) is 3.36. The Kier molecular flexibility index (Phi) is 9.23. The van der Waals surface area contributed by atoms with Gasteiger partial charge in [0.15, 0.2) is 0 Å². The summed E-state index contributed by atoms with van der Waals surface area (Å²) < 4.78 is 5.30. The van der Waals surface area contributed by atoms with Crippen molar-refractivity contribution in [2.45, 2.75) is 6.92 Å². The second kappa shape index (κ2) is 7.21. The zero-order chi connectivity index (χ0) is 6.69. The molecule has 0 amide bonds. The fourth-order valence-electron chi connectivity index (χ4n) is 1.05. The minimum atomic E-state index is 0. The topological polar surface area (TPSA) is 12.5 Å². The van der Waals surface area contributed by atoms with Crippen molar-refractivity contribution in [3.05, 3.63) is 13.3 Å². The summed E-state index contributed by atoms with van der Waals surface area (Å²) in [5.74, 6) is 1.43. The molecule has 69 valence electrons. The summed E-state index contributed by atoms with van der Waals surface area (Å²) in [6.45, 7) is 6.04. The Labute approximate surface area is 83.1 Å². The summed E-state index contributed by atoms with van der Waals surface area (Å²) in [4.78, 5) is 2.28. The molecule has 1 aliphatic rings. The Hall–Kier alpha value is 0.543. The maximum absolute atomic E-state index is 5.30. The van der Waals surface area contributed by atoms with Gasteiger partial charge in [-0.05, 0) is 7.05 Å². The first kappa shape index (κ1) is 14.1. The molecule has 0 unspecified atom stereocenters. The predicted molar refractivity (Wildman–Crippen MR) is 43.6 cm³/mol. The normalized spacial score (nSPS) is 21.3. The molecule has 1 fully saturated rings. The van der Waals surface area contributed by atoms with Gasteiger partial charge in [0.1, 0.15) is 0 Å². The van der Waals surface area contributed by atoms with Gasteiger partial charge in [-0.2, -0.15) is 6.92 Å². The van der Waals surface area contributed by atoms with Crippen molar-refractivity contribution >= 4 is 0 Å². The van der Waals surface area contributed by atoms with Crippen LogP contribution >= 0.6 is 0 Å². The van der Waals surface area contributed by atoms with Gasteiger partial charge in [0.25, 0.3) is 0 Å². The van der Waals surface area contributed by atoms with Gasteiger partial charge in [0.05, 0.1) is 6.61 Å². The van der Waals surface area contributed by atoms with E-state index < -0.39 is 0 Å². The van der Waals surface area contributed by atoms with E-state index >= 15 is 0 Å². The summed E-state index contributed by atoms with van der Waals surface area (Å²) in [7, 11) is 2.12. The molecule has 1 radical (unpaired) electrons. The number of hydrogen-bond acceptors (Lipinski definition) is 2. The fraction of sp³-hybridized carbons (Fsp3) is 0.750. The predicted octanol–water partition coefficient (Wildman–Crippen LogP) is 0.991. The summed E-state index contributed by atoms with van der Waals surface area (Å²) in [6, 6.07) is 0. The van der Waals surface area contributed by atoms with Crippen molar-refractivity contribution in [2.75, 3.05) is 33.4 Å². The van der Waals surface area contributed by atoms with Crippen LogP contribution in [0.15, 0.2) is 0 Å². The van der Waals surface area contributed by atoms with E-state index in [1.165, 1.54) is 5.92 Å². The van der Waals surface area contributed by atoms with E-state index in [2.05, 4.69) is 18.9 Å². The number of ether oxygens (including phenoxy) is 1. The summed E-state index contributed by atoms with van der Waals surface area (Å²) in [6.07, 6.45) is 0. The van der Waals surface area contributed by atoms with Crippen LogP contribution in [-0.4, -0.2) is 38.3 Å². The van der Waals surface area contributed by atoms with Crippen molar-refractivity contribution in [3.63, 3.8) is 0 Å². The second-order valence-corrected chi connectivity index (χ2v) is 2.75. The minimum absolute atomic E-state index is 0. The molecule has 0 aromatic heterocycles. The molecule has 0 saturated carbocycles. The number of nitrogens with zero attached hydrogens (tertiary/aromatic N) is 1. The molecule has 0 aliphatic carbocycles. The molecule has 1 rings (SSSR count). The first-order valence-electron chi connectivity index (χ1n) is 3.36. The van der Waals surface area contributed by atoms with E-state index in [1.54, 1.807) is 0 Å². The summed E-state index contributed by atoms with van der Waals surface area (Å²) in [5, 5.41) is 0. The molecule has 1 saturated heterocycles. The molecule has 1 aliphatic heterocycles. The van der Waals surface area contributed by atoms with Crippen LogP contribution in [0, 0.1) is 13.3 Å². The standard InChI is InChI=1S/C7H14NO.CH3.Rh/c1-7-5-8(2)3-4-9-6-7;;/h3-6H2,1-2H3;1H3;/q2*-1;+2. The van der Waals surface area contributed by atoms with Crippen molar-refractivity contribution in [1.82, 2.24) is 4.90 Å². The molecular weight excluding hydrogens is 229 g/mol.